The van der Waals surface area contributed by atoms with Gasteiger partial charge in [-0.2, -0.15) is 0 Å². The maximum Gasteiger partial charge on any atom is 0.306 e. The van der Waals surface area contributed by atoms with Crippen molar-refractivity contribution >= 4 is 5.97 Å². The van der Waals surface area contributed by atoms with Gasteiger partial charge in [0.2, 0.25) is 0 Å². The molecule has 4 rings (SSSR count). The predicted molar refractivity (Wildman–Crippen MR) is 142 cm³/mol. The van der Waals surface area contributed by atoms with Crippen LogP contribution in [0.25, 0.3) is 0 Å². The molecule has 4 heteroatoms. The highest BCUT2D eigenvalue weighted by atomic mass is 16.5. The fourth-order valence-electron chi connectivity index (χ4n) is 4.22. The van der Waals surface area contributed by atoms with Gasteiger partial charge in [-0.05, 0) is 48.2 Å². The van der Waals surface area contributed by atoms with Gasteiger partial charge in [-0.3, -0.25) is 4.79 Å². The standard InChI is InChI=1S/C32H32O4/c1-23-14-16-27(30(18-23)35-21-25-10-6-4-7-11-25)29(20-32(33)34-3)28-17-15-24(2)19-31(28)36-22-26-12-8-5-9-13-26/h4-19,29H,20-22H2,1-3H3. The Kier molecular flexibility index (Phi) is 8.40. The Morgan fingerprint density at radius 3 is 1.53 bits per heavy atom. The number of carbonyl (C=O) groups is 1. The Morgan fingerprint density at radius 1 is 0.667 bits per heavy atom. The fourth-order valence-corrected chi connectivity index (χ4v) is 4.22. The molecule has 0 aliphatic carbocycles. The van der Waals surface area contributed by atoms with E-state index in [1.54, 1.807) is 0 Å². The third-order valence-electron chi connectivity index (χ3n) is 6.16. The van der Waals surface area contributed by atoms with E-state index in [0.29, 0.717) is 13.2 Å². The van der Waals surface area contributed by atoms with Crippen LogP contribution < -0.4 is 9.47 Å². The Hall–Kier alpha value is -4.05. The van der Waals surface area contributed by atoms with Crippen LogP contribution in [0.4, 0.5) is 0 Å². The molecular weight excluding hydrogens is 448 g/mol. The average Bonchev–Trinajstić information content (AvgIpc) is 2.91. The molecule has 0 aromatic heterocycles. The van der Waals surface area contributed by atoms with Gasteiger partial charge in [-0.25, -0.2) is 0 Å². The van der Waals surface area contributed by atoms with E-state index in [4.69, 9.17) is 14.2 Å². The van der Waals surface area contributed by atoms with Crippen LogP contribution >= 0.6 is 0 Å². The summed E-state index contributed by atoms with van der Waals surface area (Å²) >= 11 is 0. The van der Waals surface area contributed by atoms with E-state index in [1.165, 1.54) is 7.11 Å². The van der Waals surface area contributed by atoms with Crippen molar-refractivity contribution in [3.8, 4) is 11.5 Å². The molecule has 0 spiro atoms. The second kappa shape index (κ2) is 12.1. The molecule has 0 radical (unpaired) electrons. The summed E-state index contributed by atoms with van der Waals surface area (Å²) in [7, 11) is 1.42. The number of benzene rings is 4. The van der Waals surface area contributed by atoms with Crippen molar-refractivity contribution in [2.75, 3.05) is 7.11 Å². The molecule has 0 atom stereocenters. The van der Waals surface area contributed by atoms with Crippen LogP contribution in [-0.4, -0.2) is 13.1 Å². The topological polar surface area (TPSA) is 44.8 Å². The van der Waals surface area contributed by atoms with Gasteiger partial charge in [-0.1, -0.05) is 84.9 Å². The molecule has 0 aliphatic rings. The number of hydrogen-bond acceptors (Lipinski definition) is 4. The van der Waals surface area contributed by atoms with Crippen LogP contribution in [0.3, 0.4) is 0 Å². The van der Waals surface area contributed by atoms with Crippen molar-refractivity contribution in [3.63, 3.8) is 0 Å². The SMILES string of the molecule is COC(=O)CC(c1ccc(C)cc1OCc1ccccc1)c1ccc(C)cc1OCc1ccccc1. The lowest BCUT2D eigenvalue weighted by Crippen LogP contribution is -2.13. The normalized spacial score (nSPS) is 10.8. The van der Waals surface area contributed by atoms with Gasteiger partial charge < -0.3 is 14.2 Å². The molecule has 0 bridgehead atoms. The van der Waals surface area contributed by atoms with Crippen molar-refractivity contribution in [2.24, 2.45) is 0 Å². The molecule has 0 saturated heterocycles. The number of hydrogen-bond donors (Lipinski definition) is 0. The molecule has 4 nitrogen and oxygen atoms in total. The number of methoxy groups -OCH3 is 1. The summed E-state index contributed by atoms with van der Waals surface area (Å²) in [5.74, 6) is 0.920. The molecule has 0 heterocycles. The van der Waals surface area contributed by atoms with Crippen LogP contribution in [0.1, 0.15) is 45.7 Å². The van der Waals surface area contributed by atoms with Crippen LogP contribution in [-0.2, 0) is 22.7 Å². The molecule has 0 aliphatic heterocycles. The van der Waals surface area contributed by atoms with Crippen molar-refractivity contribution in [1.82, 2.24) is 0 Å². The summed E-state index contributed by atoms with van der Waals surface area (Å²) in [6.45, 7) is 4.95. The number of rotatable bonds is 10. The zero-order valence-corrected chi connectivity index (χ0v) is 21.1. The van der Waals surface area contributed by atoms with E-state index in [-0.39, 0.29) is 18.3 Å². The minimum atomic E-state index is -0.296. The summed E-state index contributed by atoms with van der Waals surface area (Å²) in [5, 5.41) is 0. The zero-order valence-electron chi connectivity index (χ0n) is 21.1. The van der Waals surface area contributed by atoms with Gasteiger partial charge in [-0.15, -0.1) is 0 Å². The summed E-state index contributed by atoms with van der Waals surface area (Å²) in [6.07, 6.45) is 0.173. The molecule has 36 heavy (non-hydrogen) atoms. The van der Waals surface area contributed by atoms with E-state index < -0.39 is 0 Å². The van der Waals surface area contributed by atoms with E-state index in [2.05, 4.69) is 0 Å². The van der Waals surface area contributed by atoms with Gasteiger partial charge in [0.1, 0.15) is 24.7 Å². The van der Waals surface area contributed by atoms with Crippen LogP contribution in [0.2, 0.25) is 0 Å². The maximum absolute atomic E-state index is 12.6. The summed E-state index contributed by atoms with van der Waals surface area (Å²) < 4.78 is 17.7. The Labute approximate surface area is 213 Å². The fraction of sp³-hybridized carbons (Fsp3) is 0.219. The maximum atomic E-state index is 12.6. The van der Waals surface area contributed by atoms with Crippen molar-refractivity contribution < 1.29 is 19.0 Å². The van der Waals surface area contributed by atoms with Crippen LogP contribution in [0, 0.1) is 13.8 Å². The second-order valence-electron chi connectivity index (χ2n) is 8.96. The molecular formula is C32H32O4. The molecule has 0 fully saturated rings. The molecule has 0 saturated carbocycles. The number of carbonyl (C=O) groups excluding carboxylic acids is 1. The largest absolute Gasteiger partial charge is 0.489 e. The van der Waals surface area contributed by atoms with Crippen molar-refractivity contribution in [3.05, 3.63) is 130 Å². The first-order valence-corrected chi connectivity index (χ1v) is 12.1. The number of esters is 1. The van der Waals surface area contributed by atoms with Crippen molar-refractivity contribution in [1.29, 1.82) is 0 Å². The lowest BCUT2D eigenvalue weighted by Gasteiger charge is -2.24. The molecule has 184 valence electrons. The van der Waals surface area contributed by atoms with E-state index in [1.807, 2.05) is 111 Å². The lowest BCUT2D eigenvalue weighted by atomic mass is 9.86. The summed E-state index contributed by atoms with van der Waals surface area (Å²) in [4.78, 5) is 12.6. The summed E-state index contributed by atoms with van der Waals surface area (Å²) in [6, 6.07) is 32.4. The van der Waals surface area contributed by atoms with E-state index in [0.717, 1.165) is 44.9 Å². The third kappa shape index (κ3) is 6.54. The van der Waals surface area contributed by atoms with Crippen LogP contribution in [0.15, 0.2) is 97.1 Å². The highest BCUT2D eigenvalue weighted by Crippen LogP contribution is 2.40. The Balaban J connectivity index is 1.71. The van der Waals surface area contributed by atoms with Crippen LogP contribution in [0.5, 0.6) is 11.5 Å². The zero-order chi connectivity index (χ0) is 25.3. The molecule has 0 amide bonds. The Bertz CT molecular complexity index is 1190. The molecule has 4 aromatic carbocycles. The average molecular weight is 481 g/mol. The summed E-state index contributed by atoms with van der Waals surface area (Å²) in [5.41, 5.74) is 6.19. The van der Waals surface area contributed by atoms with Gasteiger partial charge >= 0.3 is 5.97 Å². The van der Waals surface area contributed by atoms with E-state index >= 15 is 0 Å². The molecule has 0 unspecified atom stereocenters. The second-order valence-corrected chi connectivity index (χ2v) is 8.96. The first-order chi connectivity index (χ1) is 17.5. The van der Waals surface area contributed by atoms with Gasteiger partial charge in [0.05, 0.1) is 13.5 Å². The first-order valence-electron chi connectivity index (χ1n) is 12.1. The first kappa shape index (κ1) is 25.1. The van der Waals surface area contributed by atoms with Gasteiger partial charge in [0, 0.05) is 17.0 Å². The monoisotopic (exact) mass is 480 g/mol. The molecule has 4 aromatic rings. The van der Waals surface area contributed by atoms with Gasteiger partial charge in [0.15, 0.2) is 0 Å². The van der Waals surface area contributed by atoms with E-state index in [9.17, 15) is 4.79 Å². The predicted octanol–water partition coefficient (Wildman–Crippen LogP) is 7.16. The third-order valence-corrected chi connectivity index (χ3v) is 6.16. The number of aryl methyl sites for hydroxylation is 2. The van der Waals surface area contributed by atoms with Crippen molar-refractivity contribution in [2.45, 2.75) is 39.4 Å². The van der Waals surface area contributed by atoms with Gasteiger partial charge in [0.25, 0.3) is 0 Å². The smallest absolute Gasteiger partial charge is 0.306 e. The quantitative estimate of drug-likeness (QED) is 0.226. The minimum absolute atomic E-state index is 0.173. The highest BCUT2D eigenvalue weighted by molar-refractivity contribution is 5.72. The number of ether oxygens (including phenoxy) is 3. The molecule has 0 N–H and O–H groups in total. The lowest BCUT2D eigenvalue weighted by molar-refractivity contribution is -0.140. The minimum Gasteiger partial charge on any atom is -0.489 e. The Morgan fingerprint density at radius 2 is 1.11 bits per heavy atom. The highest BCUT2D eigenvalue weighted by Gasteiger charge is 2.26.